The van der Waals surface area contributed by atoms with Crippen molar-refractivity contribution >= 4 is 11.4 Å². The summed E-state index contributed by atoms with van der Waals surface area (Å²) in [7, 11) is 0. The zero-order valence-corrected chi connectivity index (χ0v) is 13.0. The van der Waals surface area contributed by atoms with Crippen molar-refractivity contribution in [2.75, 3.05) is 0 Å². The van der Waals surface area contributed by atoms with Crippen LogP contribution in [0.4, 0.5) is 5.69 Å². The van der Waals surface area contributed by atoms with E-state index in [1.165, 1.54) is 5.56 Å². The maximum atomic E-state index is 4.70. The second-order valence-corrected chi connectivity index (χ2v) is 5.28. The predicted octanol–water partition coefficient (Wildman–Crippen LogP) is 5.17. The van der Waals surface area contributed by atoms with Crippen LogP contribution in [0, 0.1) is 18.8 Å². The zero-order valence-electron chi connectivity index (χ0n) is 13.0. The minimum Gasteiger partial charge on any atom is -0.239 e. The summed E-state index contributed by atoms with van der Waals surface area (Å²) < 4.78 is 0. The Morgan fingerprint density at radius 2 is 1.35 bits per heavy atom. The van der Waals surface area contributed by atoms with Gasteiger partial charge in [-0.05, 0) is 37.1 Å². The number of aliphatic imine (C=N–C) groups is 1. The van der Waals surface area contributed by atoms with E-state index in [-0.39, 0.29) is 0 Å². The average molecular weight is 295 g/mol. The number of hydrogen-bond donors (Lipinski definition) is 0. The Balaban J connectivity index is 2.00. The molecule has 0 spiro atoms. The third-order valence-corrected chi connectivity index (χ3v) is 3.42. The highest BCUT2D eigenvalue weighted by Gasteiger charge is 2.00. The molecule has 0 aromatic heterocycles. The summed E-state index contributed by atoms with van der Waals surface area (Å²) in [6.45, 7) is 2.07. The first-order valence-electron chi connectivity index (χ1n) is 7.59. The van der Waals surface area contributed by atoms with E-state index < -0.39 is 0 Å². The quantitative estimate of drug-likeness (QED) is 0.457. The molecule has 23 heavy (non-hydrogen) atoms. The first-order chi connectivity index (χ1) is 11.3. The molecule has 0 radical (unpaired) electrons. The smallest absolute Gasteiger partial charge is 0.121 e. The molecule has 0 N–H and O–H groups in total. The van der Waals surface area contributed by atoms with Gasteiger partial charge < -0.3 is 0 Å². The van der Waals surface area contributed by atoms with Gasteiger partial charge in [-0.3, -0.25) is 0 Å². The fourth-order valence-corrected chi connectivity index (χ4v) is 2.16. The highest BCUT2D eigenvalue weighted by molar-refractivity contribution is 6.14. The Hall–Kier alpha value is -3.11. The number of rotatable bonds is 2. The van der Waals surface area contributed by atoms with Gasteiger partial charge in [0.25, 0.3) is 0 Å². The van der Waals surface area contributed by atoms with Gasteiger partial charge in [0.15, 0.2) is 0 Å². The molecule has 0 aliphatic heterocycles. The lowest BCUT2D eigenvalue weighted by Crippen LogP contribution is -1.96. The van der Waals surface area contributed by atoms with Crippen LogP contribution < -0.4 is 0 Å². The number of benzene rings is 3. The van der Waals surface area contributed by atoms with E-state index in [0.29, 0.717) is 0 Å². The maximum absolute atomic E-state index is 4.70. The number of nitrogens with zero attached hydrogens (tertiary/aromatic N) is 1. The fraction of sp³-hybridized carbons (Fsp3) is 0.0455. The van der Waals surface area contributed by atoms with Gasteiger partial charge in [0.1, 0.15) is 5.71 Å². The normalized spacial score (nSPS) is 10.7. The molecule has 1 nitrogen and oxygen atoms in total. The highest BCUT2D eigenvalue weighted by Crippen LogP contribution is 2.13. The van der Waals surface area contributed by atoms with Crippen molar-refractivity contribution in [3.05, 3.63) is 102 Å². The van der Waals surface area contributed by atoms with Crippen LogP contribution in [0.2, 0.25) is 0 Å². The van der Waals surface area contributed by atoms with Crippen LogP contribution in [0.25, 0.3) is 0 Å². The van der Waals surface area contributed by atoms with Gasteiger partial charge in [0.05, 0.1) is 5.69 Å². The third-order valence-electron chi connectivity index (χ3n) is 3.42. The molecule has 0 bridgehead atoms. The number of hydrogen-bond acceptors (Lipinski definition) is 1. The molecular formula is C22H17N. The van der Waals surface area contributed by atoms with Crippen molar-refractivity contribution in [3.63, 3.8) is 0 Å². The molecule has 3 rings (SSSR count). The second-order valence-electron chi connectivity index (χ2n) is 5.28. The summed E-state index contributed by atoms with van der Waals surface area (Å²) in [6, 6.07) is 28.2. The molecule has 0 heterocycles. The number of aryl methyl sites for hydroxylation is 1. The lowest BCUT2D eigenvalue weighted by atomic mass is 10.1. The van der Waals surface area contributed by atoms with E-state index in [0.717, 1.165) is 22.5 Å². The van der Waals surface area contributed by atoms with Gasteiger partial charge in [-0.2, -0.15) is 0 Å². The van der Waals surface area contributed by atoms with Gasteiger partial charge >= 0.3 is 0 Å². The lowest BCUT2D eigenvalue weighted by Gasteiger charge is -2.00. The Bertz CT molecular complexity index is 849. The maximum Gasteiger partial charge on any atom is 0.121 e. The summed E-state index contributed by atoms with van der Waals surface area (Å²) in [5.41, 5.74) is 4.93. The Kier molecular flexibility index (Phi) is 4.66. The van der Waals surface area contributed by atoms with Crippen molar-refractivity contribution in [2.24, 2.45) is 4.99 Å². The van der Waals surface area contributed by atoms with Gasteiger partial charge in [0, 0.05) is 11.1 Å². The van der Waals surface area contributed by atoms with Crippen molar-refractivity contribution in [1.29, 1.82) is 0 Å². The number of para-hydroxylation sites is 1. The minimum absolute atomic E-state index is 0.775. The van der Waals surface area contributed by atoms with Crippen molar-refractivity contribution in [1.82, 2.24) is 0 Å². The van der Waals surface area contributed by atoms with Crippen LogP contribution in [-0.2, 0) is 0 Å². The molecule has 0 unspecified atom stereocenters. The van der Waals surface area contributed by atoms with E-state index in [2.05, 4.69) is 30.9 Å². The largest absolute Gasteiger partial charge is 0.239 e. The molecule has 3 aromatic carbocycles. The van der Waals surface area contributed by atoms with Crippen LogP contribution in [0.5, 0.6) is 0 Å². The Labute approximate surface area is 137 Å². The molecule has 3 aromatic rings. The zero-order chi connectivity index (χ0) is 15.9. The second kappa shape index (κ2) is 7.24. The molecule has 0 saturated carbocycles. The summed E-state index contributed by atoms with van der Waals surface area (Å²) in [5.74, 6) is 6.43. The van der Waals surface area contributed by atoms with Gasteiger partial charge in [-0.25, -0.2) is 4.99 Å². The van der Waals surface area contributed by atoms with E-state index in [4.69, 9.17) is 4.99 Å². The molecule has 0 amide bonds. The summed E-state index contributed by atoms with van der Waals surface area (Å²) in [5, 5.41) is 0. The molecule has 0 saturated heterocycles. The van der Waals surface area contributed by atoms with Gasteiger partial charge in [0.2, 0.25) is 0 Å². The first-order valence-corrected chi connectivity index (χ1v) is 7.59. The van der Waals surface area contributed by atoms with Crippen molar-refractivity contribution in [3.8, 4) is 11.8 Å². The van der Waals surface area contributed by atoms with Crippen LogP contribution in [0.15, 0.2) is 89.9 Å². The van der Waals surface area contributed by atoms with E-state index in [9.17, 15) is 0 Å². The Morgan fingerprint density at radius 3 is 2.00 bits per heavy atom. The van der Waals surface area contributed by atoms with Gasteiger partial charge in [-0.15, -0.1) is 0 Å². The van der Waals surface area contributed by atoms with E-state index >= 15 is 0 Å². The summed E-state index contributed by atoms with van der Waals surface area (Å²) in [4.78, 5) is 4.70. The molecular weight excluding hydrogens is 278 g/mol. The van der Waals surface area contributed by atoms with E-state index in [1.807, 2.05) is 72.8 Å². The third kappa shape index (κ3) is 4.18. The fourth-order valence-electron chi connectivity index (χ4n) is 2.16. The Morgan fingerprint density at radius 1 is 0.739 bits per heavy atom. The standard InChI is InChI=1S/C22H17N/c1-18-12-14-19(15-13-18)16-17-22(20-8-4-2-5-9-20)23-21-10-6-3-7-11-21/h2-15H,1H3. The lowest BCUT2D eigenvalue weighted by molar-refractivity contribution is 1.46. The highest BCUT2D eigenvalue weighted by atomic mass is 14.7. The topological polar surface area (TPSA) is 12.4 Å². The van der Waals surface area contributed by atoms with Crippen molar-refractivity contribution in [2.45, 2.75) is 6.92 Å². The summed E-state index contributed by atoms with van der Waals surface area (Å²) in [6.07, 6.45) is 0. The summed E-state index contributed by atoms with van der Waals surface area (Å²) >= 11 is 0. The molecule has 0 atom stereocenters. The average Bonchev–Trinajstić information content (AvgIpc) is 2.61. The molecule has 0 aliphatic carbocycles. The van der Waals surface area contributed by atoms with Crippen LogP contribution in [-0.4, -0.2) is 5.71 Å². The molecule has 0 fully saturated rings. The molecule has 1 heteroatoms. The first kappa shape index (κ1) is 14.8. The molecule has 0 aliphatic rings. The van der Waals surface area contributed by atoms with Crippen LogP contribution in [0.3, 0.4) is 0 Å². The molecule has 110 valence electrons. The van der Waals surface area contributed by atoms with Crippen LogP contribution in [0.1, 0.15) is 16.7 Å². The predicted molar refractivity (Wildman–Crippen MR) is 97.1 cm³/mol. The monoisotopic (exact) mass is 295 g/mol. The van der Waals surface area contributed by atoms with Gasteiger partial charge in [-0.1, -0.05) is 72.1 Å². The van der Waals surface area contributed by atoms with E-state index in [1.54, 1.807) is 0 Å². The van der Waals surface area contributed by atoms with Crippen LogP contribution >= 0.6 is 0 Å². The minimum atomic E-state index is 0.775. The SMILES string of the molecule is Cc1ccc(C#CC(=Nc2ccccc2)c2ccccc2)cc1. The van der Waals surface area contributed by atoms with Crippen molar-refractivity contribution < 1.29 is 0 Å².